The van der Waals surface area contributed by atoms with Crippen LogP contribution in [-0.4, -0.2) is 40.1 Å². The topological polar surface area (TPSA) is 99.8 Å². The van der Waals surface area contributed by atoms with Crippen molar-refractivity contribution in [3.63, 3.8) is 0 Å². The van der Waals surface area contributed by atoms with Crippen molar-refractivity contribution in [2.75, 3.05) is 13.1 Å². The Labute approximate surface area is 152 Å². The lowest BCUT2D eigenvalue weighted by Gasteiger charge is -2.06. The van der Waals surface area contributed by atoms with Gasteiger partial charge in [0.15, 0.2) is 5.69 Å². The third-order valence-electron chi connectivity index (χ3n) is 3.49. The Kier molecular flexibility index (Phi) is 5.69. The van der Waals surface area contributed by atoms with E-state index in [9.17, 15) is 14.0 Å². The number of nitrogens with zero attached hydrogens (tertiary/aromatic N) is 2. The fraction of sp³-hybridized carbons (Fsp3) is 0.176. The van der Waals surface area contributed by atoms with E-state index < -0.39 is 11.7 Å². The second-order valence-corrected chi connectivity index (χ2v) is 6.35. The van der Waals surface area contributed by atoms with Gasteiger partial charge in [0.05, 0.1) is 22.3 Å². The Morgan fingerprint density at radius 2 is 1.96 bits per heavy atom. The summed E-state index contributed by atoms with van der Waals surface area (Å²) in [5, 5.41) is 14.2. The van der Waals surface area contributed by atoms with Gasteiger partial charge in [-0.1, -0.05) is 6.07 Å². The molecule has 0 aliphatic heterocycles. The average molecular weight is 373 g/mol. The molecule has 0 aromatic carbocycles. The van der Waals surface area contributed by atoms with Crippen LogP contribution in [0.2, 0.25) is 0 Å². The molecule has 134 valence electrons. The Balaban J connectivity index is 1.40. The molecular formula is C17H16FN5O2S. The molecule has 26 heavy (non-hydrogen) atoms. The molecule has 3 heterocycles. The van der Waals surface area contributed by atoms with Crippen LogP contribution in [0.5, 0.6) is 0 Å². The van der Waals surface area contributed by atoms with Crippen molar-refractivity contribution in [1.82, 2.24) is 25.8 Å². The highest BCUT2D eigenvalue weighted by Crippen LogP contribution is 2.22. The summed E-state index contributed by atoms with van der Waals surface area (Å²) in [6.07, 6.45) is 2.86. The van der Waals surface area contributed by atoms with E-state index in [2.05, 4.69) is 25.8 Å². The van der Waals surface area contributed by atoms with Crippen LogP contribution in [-0.2, 0) is 0 Å². The van der Waals surface area contributed by atoms with Crippen LogP contribution in [0.3, 0.4) is 0 Å². The summed E-state index contributed by atoms with van der Waals surface area (Å²) in [5.41, 5.74) is 1.26. The lowest BCUT2D eigenvalue weighted by atomic mass is 10.2. The quantitative estimate of drug-likeness (QED) is 0.553. The van der Waals surface area contributed by atoms with Crippen molar-refractivity contribution in [3.8, 4) is 10.6 Å². The minimum absolute atomic E-state index is 0.159. The fourth-order valence-corrected chi connectivity index (χ4v) is 2.91. The van der Waals surface area contributed by atoms with Crippen molar-refractivity contribution in [2.24, 2.45) is 0 Å². The fourth-order valence-electron chi connectivity index (χ4n) is 2.22. The van der Waals surface area contributed by atoms with Crippen molar-refractivity contribution < 1.29 is 14.0 Å². The summed E-state index contributed by atoms with van der Waals surface area (Å²) in [7, 11) is 0. The molecule has 9 heteroatoms. The van der Waals surface area contributed by atoms with Gasteiger partial charge in [-0.2, -0.15) is 5.10 Å². The van der Waals surface area contributed by atoms with Gasteiger partial charge in [-0.05, 0) is 30.0 Å². The lowest BCUT2D eigenvalue weighted by Crippen LogP contribution is -2.30. The summed E-state index contributed by atoms with van der Waals surface area (Å²) < 4.78 is 13.0. The molecule has 3 aromatic heterocycles. The van der Waals surface area contributed by atoms with Crippen LogP contribution in [0.25, 0.3) is 10.6 Å². The normalized spacial score (nSPS) is 10.5. The number of amides is 2. The molecule has 3 rings (SSSR count). The number of pyridine rings is 1. The summed E-state index contributed by atoms with van der Waals surface area (Å²) in [4.78, 5) is 28.5. The van der Waals surface area contributed by atoms with E-state index in [1.165, 1.54) is 6.20 Å². The number of carbonyl (C=O) groups excluding carboxylic acids is 2. The van der Waals surface area contributed by atoms with Crippen molar-refractivity contribution >= 4 is 23.2 Å². The summed E-state index contributed by atoms with van der Waals surface area (Å²) in [6.45, 7) is 0.721. The van der Waals surface area contributed by atoms with E-state index in [1.807, 2.05) is 17.5 Å². The zero-order valence-corrected chi connectivity index (χ0v) is 14.5. The minimum Gasteiger partial charge on any atom is -0.352 e. The molecule has 0 unspecified atom stereocenters. The molecule has 0 atom stereocenters. The van der Waals surface area contributed by atoms with Crippen LogP contribution >= 0.6 is 11.3 Å². The molecule has 0 aliphatic rings. The zero-order chi connectivity index (χ0) is 18.4. The van der Waals surface area contributed by atoms with Crippen LogP contribution in [0, 0.1) is 5.82 Å². The van der Waals surface area contributed by atoms with E-state index in [-0.39, 0.29) is 11.5 Å². The molecule has 0 aliphatic carbocycles. The van der Waals surface area contributed by atoms with Gasteiger partial charge in [0, 0.05) is 19.3 Å². The number of hydrogen-bond donors (Lipinski definition) is 3. The molecule has 0 radical (unpaired) electrons. The molecule has 0 bridgehead atoms. The molecule has 0 fully saturated rings. The molecule has 0 saturated heterocycles. The molecule has 7 nitrogen and oxygen atoms in total. The molecular weight excluding hydrogens is 357 g/mol. The van der Waals surface area contributed by atoms with Crippen LogP contribution < -0.4 is 10.6 Å². The zero-order valence-electron chi connectivity index (χ0n) is 13.7. The minimum atomic E-state index is -0.564. The summed E-state index contributed by atoms with van der Waals surface area (Å²) >= 11 is 1.56. The summed E-state index contributed by atoms with van der Waals surface area (Å²) in [5.74, 6) is -1.26. The van der Waals surface area contributed by atoms with Gasteiger partial charge in [0.2, 0.25) is 0 Å². The predicted molar refractivity (Wildman–Crippen MR) is 95.4 cm³/mol. The van der Waals surface area contributed by atoms with Gasteiger partial charge >= 0.3 is 0 Å². The molecule has 2 amide bonds. The van der Waals surface area contributed by atoms with E-state index in [0.717, 1.165) is 22.8 Å². The van der Waals surface area contributed by atoms with E-state index in [4.69, 9.17) is 0 Å². The maximum atomic E-state index is 13.0. The Morgan fingerprint density at radius 3 is 2.69 bits per heavy atom. The van der Waals surface area contributed by atoms with Gasteiger partial charge in [-0.3, -0.25) is 19.7 Å². The number of rotatable bonds is 7. The maximum Gasteiger partial charge on any atom is 0.271 e. The Bertz CT molecular complexity index is 894. The van der Waals surface area contributed by atoms with Crippen molar-refractivity contribution in [3.05, 3.63) is 59.1 Å². The number of aromatic nitrogens is 3. The van der Waals surface area contributed by atoms with Crippen LogP contribution in [0.1, 0.15) is 27.3 Å². The molecule has 0 spiro atoms. The number of aromatic amines is 1. The number of nitrogens with one attached hydrogen (secondary N) is 3. The van der Waals surface area contributed by atoms with Crippen LogP contribution in [0.4, 0.5) is 4.39 Å². The largest absolute Gasteiger partial charge is 0.352 e. The first-order valence-electron chi connectivity index (χ1n) is 7.90. The first-order valence-corrected chi connectivity index (χ1v) is 8.77. The molecule has 0 saturated carbocycles. The third-order valence-corrected chi connectivity index (χ3v) is 4.39. The van der Waals surface area contributed by atoms with Gasteiger partial charge in [-0.25, -0.2) is 4.39 Å². The van der Waals surface area contributed by atoms with E-state index in [1.54, 1.807) is 17.4 Å². The first-order chi connectivity index (χ1) is 12.6. The maximum absolute atomic E-state index is 13.0. The average Bonchev–Trinajstić information content (AvgIpc) is 3.32. The molecule has 3 aromatic rings. The summed E-state index contributed by atoms with van der Waals surface area (Å²) in [6, 6.07) is 6.68. The van der Waals surface area contributed by atoms with Crippen molar-refractivity contribution in [2.45, 2.75) is 6.42 Å². The highest BCUT2D eigenvalue weighted by molar-refractivity contribution is 7.13. The predicted octanol–water partition coefficient (Wildman–Crippen LogP) is 2.22. The number of hydrogen-bond acceptors (Lipinski definition) is 5. The van der Waals surface area contributed by atoms with Gasteiger partial charge < -0.3 is 10.6 Å². The highest BCUT2D eigenvalue weighted by Gasteiger charge is 2.11. The van der Waals surface area contributed by atoms with Gasteiger partial charge in [-0.15, -0.1) is 11.3 Å². The SMILES string of the molecule is O=C(NCCCNC(=O)c1cc(-c2cccs2)[nH]n1)c1cncc(F)c1. The standard InChI is InChI=1S/C17H16FN5O2S/c18-12-7-11(9-19-10-12)16(24)20-4-2-5-21-17(25)14-8-13(22-23-14)15-3-1-6-26-15/h1,3,6-10H,2,4-5H2,(H,20,24)(H,21,25)(H,22,23). The second-order valence-electron chi connectivity index (χ2n) is 5.40. The van der Waals surface area contributed by atoms with Crippen LogP contribution in [0.15, 0.2) is 42.0 Å². The first kappa shape index (κ1) is 17.7. The molecule has 3 N–H and O–H groups in total. The smallest absolute Gasteiger partial charge is 0.271 e. The van der Waals surface area contributed by atoms with Crippen molar-refractivity contribution in [1.29, 1.82) is 0 Å². The van der Waals surface area contributed by atoms with Gasteiger partial charge in [0.1, 0.15) is 5.82 Å². The van der Waals surface area contributed by atoms with E-state index >= 15 is 0 Å². The third kappa shape index (κ3) is 4.51. The number of H-pyrrole nitrogens is 1. The number of carbonyl (C=O) groups is 2. The lowest BCUT2D eigenvalue weighted by molar-refractivity contribution is 0.0947. The second kappa shape index (κ2) is 8.34. The van der Waals surface area contributed by atoms with E-state index in [0.29, 0.717) is 25.2 Å². The van der Waals surface area contributed by atoms with Gasteiger partial charge in [0.25, 0.3) is 11.8 Å². The number of thiophene rings is 1. The Hall–Kier alpha value is -3.07. The number of halogens is 1. The Morgan fingerprint density at radius 1 is 1.15 bits per heavy atom. The monoisotopic (exact) mass is 373 g/mol. The highest BCUT2D eigenvalue weighted by atomic mass is 32.1.